The summed E-state index contributed by atoms with van der Waals surface area (Å²) in [6.07, 6.45) is 0. The van der Waals surface area contributed by atoms with Crippen molar-refractivity contribution in [3.8, 4) is 11.5 Å². The van der Waals surface area contributed by atoms with Gasteiger partial charge in [0.2, 0.25) is 0 Å². The number of amides is 2. The number of benzene rings is 2. The summed E-state index contributed by atoms with van der Waals surface area (Å²) in [5, 5.41) is 5.53. The molecule has 0 aliphatic carbocycles. The highest BCUT2D eigenvalue weighted by Crippen LogP contribution is 2.17. The zero-order valence-electron chi connectivity index (χ0n) is 14.5. The fourth-order valence-electron chi connectivity index (χ4n) is 2.07. The van der Waals surface area contributed by atoms with Gasteiger partial charge in [-0.1, -0.05) is 0 Å². The van der Waals surface area contributed by atoms with Gasteiger partial charge >= 0.3 is 0 Å². The molecule has 0 bridgehead atoms. The summed E-state index contributed by atoms with van der Waals surface area (Å²) in [6, 6.07) is 13.7. The first kappa shape index (κ1) is 18.3. The average molecular weight is 342 g/mol. The number of carbonyl (C=O) groups excluding carboxylic acids is 2. The zero-order valence-corrected chi connectivity index (χ0v) is 14.5. The number of hydrogen-bond donors (Lipinski definition) is 2. The van der Waals surface area contributed by atoms with Gasteiger partial charge in [-0.05, 0) is 62.4 Å². The van der Waals surface area contributed by atoms with Gasteiger partial charge < -0.3 is 20.1 Å². The van der Waals surface area contributed by atoms with Crippen LogP contribution in [0.25, 0.3) is 0 Å². The van der Waals surface area contributed by atoms with Crippen LogP contribution < -0.4 is 20.1 Å². The number of ether oxygens (including phenoxy) is 2. The molecule has 2 amide bonds. The molecule has 0 aromatic heterocycles. The molecule has 0 heterocycles. The Morgan fingerprint density at radius 1 is 0.960 bits per heavy atom. The van der Waals surface area contributed by atoms with Crippen LogP contribution in [0.2, 0.25) is 0 Å². The number of hydrogen-bond acceptors (Lipinski definition) is 4. The van der Waals surface area contributed by atoms with Crippen molar-refractivity contribution in [2.24, 2.45) is 0 Å². The van der Waals surface area contributed by atoms with E-state index in [-0.39, 0.29) is 24.5 Å². The van der Waals surface area contributed by atoms with Crippen molar-refractivity contribution >= 4 is 17.5 Å². The van der Waals surface area contributed by atoms with Gasteiger partial charge in [-0.3, -0.25) is 9.59 Å². The number of nitrogens with one attached hydrogen (secondary N) is 2. The molecule has 0 saturated heterocycles. The Morgan fingerprint density at radius 2 is 1.56 bits per heavy atom. The molecular formula is C19H22N2O4. The van der Waals surface area contributed by atoms with Crippen LogP contribution in [0, 0.1) is 0 Å². The van der Waals surface area contributed by atoms with Crippen LogP contribution in [0.5, 0.6) is 11.5 Å². The Morgan fingerprint density at radius 3 is 2.12 bits per heavy atom. The summed E-state index contributed by atoms with van der Waals surface area (Å²) in [5.41, 5.74) is 1.14. The summed E-state index contributed by atoms with van der Waals surface area (Å²) in [5.74, 6) is 0.876. The van der Waals surface area contributed by atoms with Crippen molar-refractivity contribution < 1.29 is 19.1 Å². The van der Waals surface area contributed by atoms with Crippen molar-refractivity contribution in [1.29, 1.82) is 0 Å². The highest BCUT2D eigenvalue weighted by atomic mass is 16.5. The van der Waals surface area contributed by atoms with Crippen LogP contribution in [0.1, 0.15) is 24.2 Å². The summed E-state index contributed by atoms with van der Waals surface area (Å²) in [4.78, 5) is 23.8. The van der Waals surface area contributed by atoms with Crippen molar-refractivity contribution in [2.75, 3.05) is 19.0 Å². The third kappa shape index (κ3) is 5.84. The lowest BCUT2D eigenvalue weighted by molar-refractivity contribution is -0.118. The molecule has 132 valence electrons. The molecule has 0 radical (unpaired) electrons. The van der Waals surface area contributed by atoms with Gasteiger partial charge in [0, 0.05) is 17.3 Å². The van der Waals surface area contributed by atoms with Crippen LogP contribution in [-0.2, 0) is 4.79 Å². The van der Waals surface area contributed by atoms with Crippen LogP contribution in [0.4, 0.5) is 5.69 Å². The second kappa shape index (κ2) is 8.73. The second-order valence-corrected chi connectivity index (χ2v) is 5.72. The van der Waals surface area contributed by atoms with Crippen molar-refractivity contribution in [3.63, 3.8) is 0 Å². The van der Waals surface area contributed by atoms with Crippen molar-refractivity contribution in [2.45, 2.75) is 19.9 Å². The quantitative estimate of drug-likeness (QED) is 0.811. The smallest absolute Gasteiger partial charge is 0.262 e. The molecule has 0 aliphatic heterocycles. The monoisotopic (exact) mass is 342 g/mol. The highest BCUT2D eigenvalue weighted by Gasteiger charge is 2.08. The Labute approximate surface area is 147 Å². The summed E-state index contributed by atoms with van der Waals surface area (Å²) < 4.78 is 10.5. The van der Waals surface area contributed by atoms with Gasteiger partial charge in [-0.2, -0.15) is 0 Å². The molecule has 6 nitrogen and oxygen atoms in total. The zero-order chi connectivity index (χ0) is 18.2. The van der Waals surface area contributed by atoms with Gasteiger partial charge in [0.15, 0.2) is 6.61 Å². The standard InChI is InChI=1S/C19H22N2O4/c1-13(2)20-19(23)14-4-6-15(7-5-14)21-18(22)12-25-17-10-8-16(24-3)9-11-17/h4-11,13H,12H2,1-3H3,(H,20,23)(H,21,22). The third-order valence-corrected chi connectivity index (χ3v) is 3.28. The van der Waals surface area contributed by atoms with Crippen molar-refractivity contribution in [3.05, 3.63) is 54.1 Å². The average Bonchev–Trinajstić information content (AvgIpc) is 2.60. The largest absolute Gasteiger partial charge is 0.497 e. The lowest BCUT2D eigenvalue weighted by Gasteiger charge is -2.10. The van der Waals surface area contributed by atoms with Crippen LogP contribution in [-0.4, -0.2) is 31.6 Å². The van der Waals surface area contributed by atoms with Gasteiger partial charge in [0.1, 0.15) is 11.5 Å². The molecule has 0 aliphatic rings. The lowest BCUT2D eigenvalue weighted by atomic mass is 10.2. The fourth-order valence-corrected chi connectivity index (χ4v) is 2.07. The Kier molecular flexibility index (Phi) is 6.39. The molecule has 2 aromatic rings. The van der Waals surface area contributed by atoms with E-state index in [4.69, 9.17) is 9.47 Å². The normalized spacial score (nSPS) is 10.2. The maximum absolute atomic E-state index is 11.9. The summed E-state index contributed by atoms with van der Waals surface area (Å²) >= 11 is 0. The van der Waals surface area contributed by atoms with Gasteiger partial charge in [0.25, 0.3) is 11.8 Å². The molecular weight excluding hydrogens is 320 g/mol. The predicted molar refractivity (Wildman–Crippen MR) is 96.2 cm³/mol. The van der Waals surface area contributed by atoms with E-state index < -0.39 is 0 Å². The highest BCUT2D eigenvalue weighted by molar-refractivity contribution is 5.96. The summed E-state index contributed by atoms with van der Waals surface area (Å²) in [7, 11) is 1.58. The van der Waals surface area contributed by atoms with Crippen LogP contribution in [0.3, 0.4) is 0 Å². The van der Waals surface area contributed by atoms with E-state index in [1.165, 1.54) is 0 Å². The Hall–Kier alpha value is -3.02. The molecule has 25 heavy (non-hydrogen) atoms. The number of anilines is 1. The number of rotatable bonds is 7. The first-order chi connectivity index (χ1) is 12.0. The van der Waals surface area contributed by atoms with Gasteiger partial charge in [-0.15, -0.1) is 0 Å². The second-order valence-electron chi connectivity index (χ2n) is 5.72. The fraction of sp³-hybridized carbons (Fsp3) is 0.263. The van der Waals surface area contributed by atoms with E-state index >= 15 is 0 Å². The van der Waals surface area contributed by atoms with Crippen LogP contribution in [0.15, 0.2) is 48.5 Å². The first-order valence-electron chi connectivity index (χ1n) is 7.95. The number of carbonyl (C=O) groups is 2. The van der Waals surface area contributed by atoms with Crippen molar-refractivity contribution in [1.82, 2.24) is 5.32 Å². The molecule has 0 atom stereocenters. The molecule has 2 N–H and O–H groups in total. The first-order valence-corrected chi connectivity index (χ1v) is 7.95. The minimum Gasteiger partial charge on any atom is -0.497 e. The predicted octanol–water partition coefficient (Wildman–Crippen LogP) is 2.85. The topological polar surface area (TPSA) is 76.7 Å². The van der Waals surface area contributed by atoms with E-state index in [2.05, 4.69) is 10.6 Å². The third-order valence-electron chi connectivity index (χ3n) is 3.28. The minimum absolute atomic E-state index is 0.0713. The maximum atomic E-state index is 11.9. The number of methoxy groups -OCH3 is 1. The molecule has 0 unspecified atom stereocenters. The van der Waals surface area contributed by atoms with Gasteiger partial charge in [0.05, 0.1) is 7.11 Å². The van der Waals surface area contributed by atoms with E-state index in [1.807, 2.05) is 13.8 Å². The van der Waals surface area contributed by atoms with E-state index in [9.17, 15) is 9.59 Å². The Balaban J connectivity index is 1.84. The van der Waals surface area contributed by atoms with E-state index in [0.29, 0.717) is 17.0 Å². The molecule has 0 spiro atoms. The van der Waals surface area contributed by atoms with E-state index in [0.717, 1.165) is 5.75 Å². The molecule has 0 fully saturated rings. The Bertz CT molecular complexity index is 709. The summed E-state index contributed by atoms with van der Waals surface area (Å²) in [6.45, 7) is 3.69. The molecule has 2 aromatic carbocycles. The van der Waals surface area contributed by atoms with Crippen LogP contribution >= 0.6 is 0 Å². The molecule has 0 saturated carbocycles. The van der Waals surface area contributed by atoms with E-state index in [1.54, 1.807) is 55.6 Å². The lowest BCUT2D eigenvalue weighted by Crippen LogP contribution is -2.30. The SMILES string of the molecule is COc1ccc(OCC(=O)Nc2ccc(C(=O)NC(C)C)cc2)cc1. The maximum Gasteiger partial charge on any atom is 0.262 e. The molecule has 6 heteroatoms. The minimum atomic E-state index is -0.282. The molecule has 2 rings (SSSR count). The van der Waals surface area contributed by atoms with Gasteiger partial charge in [-0.25, -0.2) is 0 Å².